The number of rotatable bonds is 4. The van der Waals surface area contributed by atoms with Gasteiger partial charge in [-0.3, -0.25) is 0 Å². The Hall–Kier alpha value is -0.520. The second-order valence-corrected chi connectivity index (χ2v) is 4.30. The molecule has 0 heterocycles. The van der Waals surface area contributed by atoms with Crippen LogP contribution >= 0.6 is 0 Å². The molecule has 3 unspecified atom stereocenters. The summed E-state index contributed by atoms with van der Waals surface area (Å²) in [4.78, 5) is 0. The molecule has 0 spiro atoms. The van der Waals surface area contributed by atoms with Crippen LogP contribution in [0.15, 0.2) is 23.8 Å². The van der Waals surface area contributed by atoms with Gasteiger partial charge in [0.05, 0.1) is 0 Å². The molecule has 3 atom stereocenters. The molecule has 0 saturated heterocycles. The molecular formula is C13H22. The largest absolute Gasteiger partial charge is 0.0771 e. The predicted octanol–water partition coefficient (Wildman–Crippen LogP) is 4.19. The van der Waals surface area contributed by atoms with Crippen molar-refractivity contribution in [3.8, 4) is 0 Å². The normalized spacial score (nSPS) is 25.8. The number of hydrogen-bond donors (Lipinski definition) is 0. The minimum Gasteiger partial charge on any atom is -0.0771 e. The molecule has 1 aliphatic carbocycles. The van der Waals surface area contributed by atoms with Gasteiger partial charge in [-0.15, -0.1) is 0 Å². The molecule has 0 aromatic carbocycles. The monoisotopic (exact) mass is 178 g/mol. The van der Waals surface area contributed by atoms with Crippen molar-refractivity contribution >= 4 is 0 Å². The zero-order valence-electron chi connectivity index (χ0n) is 9.38. The van der Waals surface area contributed by atoms with Crippen molar-refractivity contribution in [1.29, 1.82) is 0 Å². The maximum absolute atomic E-state index is 2.46. The molecule has 0 nitrogen and oxygen atoms in total. The van der Waals surface area contributed by atoms with Crippen LogP contribution in [-0.4, -0.2) is 0 Å². The lowest BCUT2D eigenvalue weighted by Gasteiger charge is -2.13. The summed E-state index contributed by atoms with van der Waals surface area (Å²) in [7, 11) is 0. The van der Waals surface area contributed by atoms with Gasteiger partial charge in [-0.25, -0.2) is 0 Å². The van der Waals surface area contributed by atoms with Gasteiger partial charge < -0.3 is 0 Å². The van der Waals surface area contributed by atoms with Gasteiger partial charge in [0.15, 0.2) is 0 Å². The zero-order chi connectivity index (χ0) is 9.84. The minimum absolute atomic E-state index is 0.703. The van der Waals surface area contributed by atoms with E-state index in [-0.39, 0.29) is 0 Å². The van der Waals surface area contributed by atoms with E-state index in [2.05, 4.69) is 45.9 Å². The quantitative estimate of drug-likeness (QED) is 0.605. The fraction of sp³-hybridized carbons (Fsp3) is 0.692. The molecule has 0 heteroatoms. The van der Waals surface area contributed by atoms with Crippen LogP contribution in [0.4, 0.5) is 0 Å². The van der Waals surface area contributed by atoms with Crippen LogP contribution in [0.2, 0.25) is 0 Å². The summed E-state index contributed by atoms with van der Waals surface area (Å²) in [5.74, 6) is 2.25. The van der Waals surface area contributed by atoms with Crippen molar-refractivity contribution in [1.82, 2.24) is 0 Å². The van der Waals surface area contributed by atoms with E-state index in [0.717, 1.165) is 11.8 Å². The summed E-state index contributed by atoms with van der Waals surface area (Å²) in [6, 6.07) is 0. The van der Waals surface area contributed by atoms with E-state index in [4.69, 9.17) is 0 Å². The van der Waals surface area contributed by atoms with Gasteiger partial charge in [-0.05, 0) is 29.7 Å². The Bertz CT molecular complexity index is 210. The van der Waals surface area contributed by atoms with Gasteiger partial charge in [-0.2, -0.15) is 0 Å². The molecule has 1 rings (SSSR count). The molecule has 0 radical (unpaired) electrons. The highest BCUT2D eigenvalue weighted by molar-refractivity contribution is 5.31. The summed E-state index contributed by atoms with van der Waals surface area (Å²) >= 11 is 0. The third-order valence-electron chi connectivity index (χ3n) is 3.38. The molecule has 74 valence electrons. The Morgan fingerprint density at radius 3 is 2.46 bits per heavy atom. The van der Waals surface area contributed by atoms with Gasteiger partial charge in [0.2, 0.25) is 0 Å². The highest BCUT2D eigenvalue weighted by atomic mass is 14.2. The molecule has 0 aromatic heterocycles. The van der Waals surface area contributed by atoms with Crippen LogP contribution in [0.3, 0.4) is 0 Å². The summed E-state index contributed by atoms with van der Waals surface area (Å²) in [6.45, 7) is 9.18. The molecule has 0 bridgehead atoms. The molecule has 0 aromatic rings. The molecule has 0 N–H and O–H groups in total. The van der Waals surface area contributed by atoms with Crippen molar-refractivity contribution < 1.29 is 0 Å². The topological polar surface area (TPSA) is 0 Å². The Balaban J connectivity index is 2.59. The first-order valence-electron chi connectivity index (χ1n) is 5.58. The summed E-state index contributed by atoms with van der Waals surface area (Å²) in [5.41, 5.74) is 1.55. The van der Waals surface area contributed by atoms with Crippen LogP contribution in [0.25, 0.3) is 0 Å². The van der Waals surface area contributed by atoms with Gasteiger partial charge in [0, 0.05) is 0 Å². The van der Waals surface area contributed by atoms with E-state index >= 15 is 0 Å². The number of hydrogen-bond acceptors (Lipinski definition) is 0. The SMILES string of the molecule is CCC(C)C1=CC(C(C)CC)C=C1. The first kappa shape index (κ1) is 10.6. The average molecular weight is 178 g/mol. The lowest BCUT2D eigenvalue weighted by atomic mass is 9.92. The minimum atomic E-state index is 0.703. The molecule has 0 fully saturated rings. The van der Waals surface area contributed by atoms with Crippen molar-refractivity contribution in [2.45, 2.75) is 40.5 Å². The standard InChI is InChI=1S/C13H22/c1-5-10(3)12-7-8-13(9-12)11(4)6-2/h7-12H,5-6H2,1-4H3. The van der Waals surface area contributed by atoms with E-state index in [0.29, 0.717) is 5.92 Å². The Labute approximate surface area is 82.7 Å². The van der Waals surface area contributed by atoms with Crippen LogP contribution < -0.4 is 0 Å². The van der Waals surface area contributed by atoms with Crippen molar-refractivity contribution in [2.24, 2.45) is 17.8 Å². The van der Waals surface area contributed by atoms with E-state index in [9.17, 15) is 0 Å². The van der Waals surface area contributed by atoms with Crippen LogP contribution in [0, 0.1) is 17.8 Å². The summed E-state index contributed by atoms with van der Waals surface area (Å²) in [5, 5.41) is 0. The van der Waals surface area contributed by atoms with Gasteiger partial charge in [0.25, 0.3) is 0 Å². The molecule has 0 aliphatic heterocycles. The average Bonchev–Trinajstić information content (AvgIpc) is 2.64. The zero-order valence-corrected chi connectivity index (χ0v) is 9.38. The second kappa shape index (κ2) is 4.64. The highest BCUT2D eigenvalue weighted by Gasteiger charge is 2.17. The fourth-order valence-electron chi connectivity index (χ4n) is 1.75. The molecule has 13 heavy (non-hydrogen) atoms. The Morgan fingerprint density at radius 1 is 1.23 bits per heavy atom. The second-order valence-electron chi connectivity index (χ2n) is 4.30. The maximum atomic E-state index is 2.46. The van der Waals surface area contributed by atoms with Crippen LogP contribution in [-0.2, 0) is 0 Å². The Kier molecular flexibility index (Phi) is 3.77. The predicted molar refractivity (Wildman–Crippen MR) is 59.6 cm³/mol. The van der Waals surface area contributed by atoms with Gasteiger partial charge >= 0.3 is 0 Å². The van der Waals surface area contributed by atoms with E-state index in [1.54, 1.807) is 5.57 Å². The first-order valence-corrected chi connectivity index (χ1v) is 5.58. The Morgan fingerprint density at radius 2 is 1.92 bits per heavy atom. The first-order chi connectivity index (χ1) is 6.19. The molecule has 0 saturated carbocycles. The summed E-state index contributed by atoms with van der Waals surface area (Å²) in [6.07, 6.45) is 9.69. The van der Waals surface area contributed by atoms with Crippen LogP contribution in [0.5, 0.6) is 0 Å². The van der Waals surface area contributed by atoms with E-state index in [1.807, 2.05) is 0 Å². The number of allylic oxidation sites excluding steroid dienone is 4. The third kappa shape index (κ3) is 2.46. The van der Waals surface area contributed by atoms with E-state index < -0.39 is 0 Å². The van der Waals surface area contributed by atoms with Crippen molar-refractivity contribution in [3.63, 3.8) is 0 Å². The summed E-state index contributed by atoms with van der Waals surface area (Å²) < 4.78 is 0. The van der Waals surface area contributed by atoms with Crippen molar-refractivity contribution in [3.05, 3.63) is 23.8 Å². The smallest absolute Gasteiger partial charge is 0.00188 e. The van der Waals surface area contributed by atoms with Crippen molar-refractivity contribution in [2.75, 3.05) is 0 Å². The van der Waals surface area contributed by atoms with E-state index in [1.165, 1.54) is 12.8 Å². The molecule has 1 aliphatic rings. The van der Waals surface area contributed by atoms with Gasteiger partial charge in [0.1, 0.15) is 0 Å². The lowest BCUT2D eigenvalue weighted by molar-refractivity contribution is 0.484. The van der Waals surface area contributed by atoms with Gasteiger partial charge in [-0.1, -0.05) is 52.3 Å². The molecular weight excluding hydrogens is 156 g/mol. The lowest BCUT2D eigenvalue weighted by Crippen LogP contribution is -2.03. The maximum Gasteiger partial charge on any atom is -0.00188 e. The highest BCUT2D eigenvalue weighted by Crippen LogP contribution is 2.29. The van der Waals surface area contributed by atoms with Crippen LogP contribution in [0.1, 0.15) is 40.5 Å². The fourth-order valence-corrected chi connectivity index (χ4v) is 1.75. The molecule has 0 amide bonds. The third-order valence-corrected chi connectivity index (χ3v) is 3.38.